The van der Waals surface area contributed by atoms with Crippen LogP contribution >= 0.6 is 22.7 Å². The van der Waals surface area contributed by atoms with Gasteiger partial charge in [-0.1, -0.05) is 84.9 Å². The average Bonchev–Trinajstić information content (AvgIpc) is 3.98. The summed E-state index contributed by atoms with van der Waals surface area (Å²) < 4.78 is 12.8. The number of fused-ring (bicyclic) bond motifs is 2. The minimum absolute atomic E-state index is 0. The van der Waals surface area contributed by atoms with Crippen LogP contribution in [-0.4, -0.2) is 106 Å². The van der Waals surface area contributed by atoms with Gasteiger partial charge in [0.15, 0.2) is 24.4 Å². The highest BCUT2D eigenvalue weighted by molar-refractivity contribution is 7.10. The molecule has 0 fully saturated rings. The summed E-state index contributed by atoms with van der Waals surface area (Å²) in [5.41, 5.74) is 11.9. The summed E-state index contributed by atoms with van der Waals surface area (Å²) in [6, 6.07) is 37.3. The van der Waals surface area contributed by atoms with Gasteiger partial charge in [-0.3, -0.25) is 0 Å². The molecule has 0 aliphatic rings. The lowest BCUT2D eigenvalue weighted by molar-refractivity contribution is -0.165. The molecule has 0 radical (unpaired) electrons. The number of hydrogen-bond acceptors (Lipinski definition) is 14. The van der Waals surface area contributed by atoms with E-state index in [2.05, 4.69) is 71.4 Å². The number of aliphatic carboxylic acids is 4. The van der Waals surface area contributed by atoms with Crippen molar-refractivity contribution < 1.29 is 75.0 Å². The van der Waals surface area contributed by atoms with Gasteiger partial charge >= 0.3 is 23.9 Å². The van der Waals surface area contributed by atoms with Crippen LogP contribution in [0.4, 0.5) is 0 Å². The zero-order valence-electron chi connectivity index (χ0n) is 35.9. The summed E-state index contributed by atoms with van der Waals surface area (Å²) in [6.45, 7) is 8.17. The van der Waals surface area contributed by atoms with Crippen LogP contribution in [-0.2, 0) is 19.2 Å². The van der Waals surface area contributed by atoms with Crippen LogP contribution in [0.15, 0.2) is 120 Å². The smallest absolute Gasteiger partial charge is 0.335 e. The number of carboxylic acid groups (broad SMARTS) is 4. The fraction of sp³-hybridized carbons (Fsp3) is 0.304. The van der Waals surface area contributed by atoms with Gasteiger partial charge in [0.2, 0.25) is 0 Å². The summed E-state index contributed by atoms with van der Waals surface area (Å²) in [7, 11) is 0. The van der Waals surface area contributed by atoms with E-state index in [-0.39, 0.29) is 28.8 Å². The first-order valence-corrected chi connectivity index (χ1v) is 21.3. The van der Waals surface area contributed by atoms with Crippen LogP contribution < -0.4 is 20.9 Å². The van der Waals surface area contributed by atoms with E-state index in [0.29, 0.717) is 0 Å². The second-order valence-corrected chi connectivity index (χ2v) is 17.7. The lowest BCUT2D eigenvalue weighted by atomic mass is 9.97. The number of thiophene rings is 2. The number of rotatable bonds is 16. The van der Waals surface area contributed by atoms with E-state index in [9.17, 15) is 19.2 Å². The number of benzene rings is 4. The van der Waals surface area contributed by atoms with Gasteiger partial charge < -0.3 is 67.3 Å². The van der Waals surface area contributed by atoms with Gasteiger partial charge in [0, 0.05) is 44.4 Å². The van der Waals surface area contributed by atoms with Crippen LogP contribution in [0.3, 0.4) is 0 Å². The van der Waals surface area contributed by atoms with Gasteiger partial charge in [-0.25, -0.2) is 19.2 Å². The van der Waals surface area contributed by atoms with E-state index < -0.39 is 48.3 Å². The summed E-state index contributed by atoms with van der Waals surface area (Å²) in [4.78, 5) is 41.5. The van der Waals surface area contributed by atoms with Crippen molar-refractivity contribution in [2.75, 3.05) is 0 Å². The first kappa shape index (κ1) is 55.1. The Morgan fingerprint density at radius 2 is 0.785 bits per heavy atom. The third-order valence-electron chi connectivity index (χ3n) is 8.79. The number of ether oxygens (including phenoxy) is 2. The van der Waals surface area contributed by atoms with Gasteiger partial charge in [0.25, 0.3) is 0 Å². The van der Waals surface area contributed by atoms with Gasteiger partial charge in [-0.15, -0.1) is 22.7 Å². The molecule has 352 valence electrons. The van der Waals surface area contributed by atoms with E-state index in [1.807, 2.05) is 76.2 Å². The molecule has 65 heavy (non-hydrogen) atoms. The van der Waals surface area contributed by atoms with E-state index >= 15 is 0 Å². The Balaban J connectivity index is 0.000000318. The maximum absolute atomic E-state index is 9.77. The second kappa shape index (κ2) is 25.5. The first-order valence-electron chi connectivity index (χ1n) is 19.6. The standard InChI is InChI=1S/2C19H21NOS.2C4H6O6.H2O/c2*1-19(2,20)13-17(18-11-6-12-22-18)21-16-10-5-8-14-7-3-4-9-15(14)16;2*5-1(3(7)8)2(6)4(9)10;/h2*3-12,17H,13,20H2,1-2H3;2*1-2,5-6H,(H,7,8)(H,9,10);1H2. The normalized spacial score (nSPS) is 13.8. The molecule has 2 heterocycles. The highest BCUT2D eigenvalue weighted by Crippen LogP contribution is 2.36. The molecule has 19 heteroatoms. The Morgan fingerprint density at radius 3 is 1.05 bits per heavy atom. The molecule has 6 unspecified atom stereocenters. The van der Waals surface area contributed by atoms with Crippen molar-refractivity contribution in [1.29, 1.82) is 0 Å². The predicted octanol–water partition coefficient (Wildman–Crippen LogP) is 5.23. The van der Waals surface area contributed by atoms with Crippen molar-refractivity contribution in [3.05, 3.63) is 130 Å². The van der Waals surface area contributed by atoms with Crippen molar-refractivity contribution in [3.63, 3.8) is 0 Å². The largest absolute Gasteiger partial charge is 0.484 e. The highest BCUT2D eigenvalue weighted by atomic mass is 32.1. The third-order valence-corrected chi connectivity index (χ3v) is 10.7. The maximum atomic E-state index is 9.77. The lowest BCUT2D eigenvalue weighted by Crippen LogP contribution is -2.39. The zero-order valence-corrected chi connectivity index (χ0v) is 37.6. The van der Waals surface area contributed by atoms with Crippen molar-refractivity contribution in [1.82, 2.24) is 0 Å². The van der Waals surface area contributed by atoms with E-state index in [0.717, 1.165) is 35.1 Å². The monoisotopic (exact) mass is 940 g/mol. The number of aliphatic hydroxyl groups excluding tert-OH is 4. The van der Waals surface area contributed by atoms with Crippen LogP contribution in [0.2, 0.25) is 0 Å². The van der Waals surface area contributed by atoms with Crippen molar-refractivity contribution in [2.45, 2.75) is 88.2 Å². The minimum atomic E-state index is -2.27. The molecule has 4 aromatic carbocycles. The molecular weight excluding hydrogens is 885 g/mol. The number of aliphatic hydroxyl groups is 4. The van der Waals surface area contributed by atoms with Crippen LogP contribution in [0.5, 0.6) is 11.5 Å². The third kappa shape index (κ3) is 18.2. The maximum Gasteiger partial charge on any atom is 0.335 e. The molecule has 0 saturated heterocycles. The topological polar surface area (TPSA) is 332 Å². The van der Waals surface area contributed by atoms with Crippen molar-refractivity contribution in [2.24, 2.45) is 11.5 Å². The molecule has 14 N–H and O–H groups in total. The molecule has 0 amide bonds. The molecule has 17 nitrogen and oxygen atoms in total. The molecule has 0 aliphatic carbocycles. The SMILES string of the molecule is CC(C)(N)CC(Oc1cccc2ccccc12)c1cccs1.CC(C)(N)CC(Oc1cccc2ccccc12)c1cccs1.O.O=C(O)C(O)C(O)C(=O)O.O=C(O)C(O)C(O)C(=O)O. The Hall–Kier alpha value is -6.00. The Morgan fingerprint density at radius 1 is 0.492 bits per heavy atom. The van der Waals surface area contributed by atoms with E-state index in [1.165, 1.54) is 20.5 Å². The molecule has 0 bridgehead atoms. The molecule has 0 saturated carbocycles. The number of carboxylic acids is 4. The van der Waals surface area contributed by atoms with Gasteiger partial charge in [-0.05, 0) is 73.5 Å². The Kier molecular flexibility index (Phi) is 21.6. The number of carbonyl (C=O) groups is 4. The molecule has 2 aromatic heterocycles. The van der Waals surface area contributed by atoms with Gasteiger partial charge in [0.1, 0.15) is 23.7 Å². The minimum Gasteiger partial charge on any atom is -0.484 e. The summed E-state index contributed by atoms with van der Waals surface area (Å²) >= 11 is 3.43. The van der Waals surface area contributed by atoms with E-state index in [1.54, 1.807) is 22.7 Å². The predicted molar refractivity (Wildman–Crippen MR) is 247 cm³/mol. The Bertz CT molecular complexity index is 2180. The zero-order chi connectivity index (χ0) is 47.8. The molecule has 6 rings (SSSR count). The van der Waals surface area contributed by atoms with E-state index in [4.69, 9.17) is 61.8 Å². The van der Waals surface area contributed by atoms with Gasteiger partial charge in [-0.2, -0.15) is 0 Å². The molecular formula is C46H56N2O15S2. The molecule has 0 aliphatic heterocycles. The van der Waals surface area contributed by atoms with Crippen molar-refractivity contribution >= 4 is 68.1 Å². The van der Waals surface area contributed by atoms with Gasteiger partial charge in [0.05, 0.1) is 0 Å². The second-order valence-electron chi connectivity index (χ2n) is 15.7. The first-order chi connectivity index (χ1) is 30.0. The number of nitrogens with two attached hydrogens (primary N) is 2. The summed E-state index contributed by atoms with van der Waals surface area (Å²) in [5.74, 6) is -5.24. The van der Waals surface area contributed by atoms with Crippen LogP contribution in [0.1, 0.15) is 62.5 Å². The lowest BCUT2D eigenvalue weighted by Gasteiger charge is -2.26. The van der Waals surface area contributed by atoms with Crippen LogP contribution in [0, 0.1) is 0 Å². The number of hydrogen-bond donors (Lipinski definition) is 10. The average molecular weight is 941 g/mol. The molecule has 6 aromatic rings. The molecule has 6 atom stereocenters. The fourth-order valence-corrected chi connectivity index (χ4v) is 7.26. The highest BCUT2D eigenvalue weighted by Gasteiger charge is 2.30. The summed E-state index contributed by atoms with van der Waals surface area (Å²) in [6.07, 6.45) is -7.56. The molecule has 0 spiro atoms. The van der Waals surface area contributed by atoms with Crippen LogP contribution in [0.25, 0.3) is 21.5 Å². The summed E-state index contributed by atoms with van der Waals surface area (Å²) in [5, 5.41) is 73.9. The Labute approximate surface area is 382 Å². The fourth-order valence-electron chi connectivity index (χ4n) is 5.75. The quantitative estimate of drug-likeness (QED) is 0.0594. The van der Waals surface area contributed by atoms with Crippen molar-refractivity contribution in [3.8, 4) is 11.5 Å².